The van der Waals surface area contributed by atoms with E-state index >= 15 is 0 Å². The summed E-state index contributed by atoms with van der Waals surface area (Å²) >= 11 is 0. The van der Waals surface area contributed by atoms with Gasteiger partial charge in [-0.3, -0.25) is 0 Å². The molecule has 0 unspecified atom stereocenters. The number of aromatic nitrogens is 2. The number of hydrogen-bond donors (Lipinski definition) is 2. The topological polar surface area (TPSA) is 49.8 Å². The van der Waals surface area contributed by atoms with Crippen LogP contribution in [-0.4, -0.2) is 16.0 Å². The average Bonchev–Trinajstić information content (AvgIpc) is 2.60. The third kappa shape index (κ3) is 5.28. The normalized spacial score (nSPS) is 12.2. The largest absolute Gasteiger partial charge is 0.368 e. The maximum Gasteiger partial charge on any atom is 0.163 e. The van der Waals surface area contributed by atoms with Crippen LogP contribution in [0.4, 0.5) is 16.0 Å². The summed E-state index contributed by atoms with van der Waals surface area (Å²) in [5.41, 5.74) is 1.18. The van der Waals surface area contributed by atoms with Gasteiger partial charge in [-0.05, 0) is 32.9 Å². The molecular weight excluding hydrogens is 315 g/mol. The smallest absolute Gasteiger partial charge is 0.163 e. The van der Waals surface area contributed by atoms with E-state index < -0.39 is 0 Å². The molecule has 25 heavy (non-hydrogen) atoms. The van der Waals surface area contributed by atoms with Crippen molar-refractivity contribution in [3.05, 3.63) is 72.7 Å². The lowest BCUT2D eigenvalue weighted by atomic mass is 10.2. The van der Waals surface area contributed by atoms with E-state index in [1.54, 1.807) is 19.1 Å². The van der Waals surface area contributed by atoms with Crippen molar-refractivity contribution in [2.75, 3.05) is 10.6 Å². The second-order valence-corrected chi connectivity index (χ2v) is 5.70. The predicted octanol–water partition coefficient (Wildman–Crippen LogP) is 5.32. The lowest BCUT2D eigenvalue weighted by Crippen LogP contribution is -2.13. The number of allylic oxidation sites excluding steroid dienone is 4. The van der Waals surface area contributed by atoms with Gasteiger partial charge < -0.3 is 10.6 Å². The molecule has 0 radical (unpaired) electrons. The molecule has 130 valence electrons. The fraction of sp³-hybridized carbons (Fsp3) is 0.200. The molecule has 0 spiro atoms. The van der Waals surface area contributed by atoms with Crippen LogP contribution in [-0.2, 0) is 0 Å². The summed E-state index contributed by atoms with van der Waals surface area (Å²) in [5.74, 6) is 1.36. The van der Waals surface area contributed by atoms with Crippen LogP contribution in [0.25, 0.3) is 11.4 Å². The first kappa shape index (κ1) is 18.4. The van der Waals surface area contributed by atoms with Gasteiger partial charge in [-0.15, -0.1) is 0 Å². The standard InChI is InChI=1S/C20H23FN4/c1-5-10-17(16(21)6-2)23-19-13-18(22-14(3)4)24-20(25-19)15-11-8-7-9-12-15/h5-14H,1H2,2-4H3,(H2,22,23,24,25)/b16-6+,17-10+. The highest BCUT2D eigenvalue weighted by Gasteiger charge is 2.10. The molecule has 2 N–H and O–H groups in total. The van der Waals surface area contributed by atoms with Crippen molar-refractivity contribution >= 4 is 11.6 Å². The van der Waals surface area contributed by atoms with Crippen LogP contribution in [0.3, 0.4) is 0 Å². The summed E-state index contributed by atoms with van der Waals surface area (Å²) in [4.78, 5) is 9.07. The number of benzene rings is 1. The molecular formula is C20H23FN4. The van der Waals surface area contributed by atoms with Gasteiger partial charge in [-0.25, -0.2) is 14.4 Å². The highest BCUT2D eigenvalue weighted by atomic mass is 19.1. The minimum atomic E-state index is -0.377. The highest BCUT2D eigenvalue weighted by Crippen LogP contribution is 2.23. The molecule has 0 atom stereocenters. The van der Waals surface area contributed by atoms with Gasteiger partial charge >= 0.3 is 0 Å². The second-order valence-electron chi connectivity index (χ2n) is 5.70. The first-order chi connectivity index (χ1) is 12.0. The molecule has 0 aliphatic carbocycles. The molecule has 4 nitrogen and oxygen atoms in total. The molecule has 0 aliphatic rings. The number of anilines is 2. The van der Waals surface area contributed by atoms with Gasteiger partial charge in [0.15, 0.2) is 5.82 Å². The number of nitrogens with one attached hydrogen (secondary N) is 2. The van der Waals surface area contributed by atoms with E-state index in [1.807, 2.05) is 44.2 Å². The van der Waals surface area contributed by atoms with Gasteiger partial charge in [0.25, 0.3) is 0 Å². The van der Waals surface area contributed by atoms with Crippen molar-refractivity contribution < 1.29 is 4.39 Å². The summed E-state index contributed by atoms with van der Waals surface area (Å²) in [5, 5.41) is 6.27. The van der Waals surface area contributed by atoms with Crippen molar-refractivity contribution in [1.82, 2.24) is 9.97 Å². The molecule has 2 aromatic rings. The van der Waals surface area contributed by atoms with Crippen LogP contribution in [0.5, 0.6) is 0 Å². The molecule has 1 heterocycles. The molecule has 2 rings (SSSR count). The van der Waals surface area contributed by atoms with E-state index in [-0.39, 0.29) is 11.9 Å². The summed E-state index contributed by atoms with van der Waals surface area (Å²) in [6.07, 6.45) is 4.47. The van der Waals surface area contributed by atoms with E-state index in [4.69, 9.17) is 0 Å². The van der Waals surface area contributed by atoms with E-state index in [0.29, 0.717) is 23.2 Å². The zero-order valence-electron chi connectivity index (χ0n) is 14.8. The Balaban J connectivity index is 2.46. The van der Waals surface area contributed by atoms with Gasteiger partial charge in [0.05, 0.1) is 5.70 Å². The lowest BCUT2D eigenvalue weighted by Gasteiger charge is -2.14. The lowest BCUT2D eigenvalue weighted by molar-refractivity contribution is 0.650. The Hall–Kier alpha value is -2.95. The first-order valence-electron chi connectivity index (χ1n) is 8.16. The van der Waals surface area contributed by atoms with Crippen LogP contribution in [0.15, 0.2) is 72.7 Å². The molecule has 5 heteroatoms. The number of nitrogens with zero attached hydrogens (tertiary/aromatic N) is 2. The van der Waals surface area contributed by atoms with E-state index in [1.165, 1.54) is 12.2 Å². The monoisotopic (exact) mass is 338 g/mol. The van der Waals surface area contributed by atoms with Crippen LogP contribution >= 0.6 is 0 Å². The third-order valence-electron chi connectivity index (χ3n) is 3.25. The van der Waals surface area contributed by atoms with Crippen LogP contribution in [0.1, 0.15) is 20.8 Å². The molecule has 1 aromatic heterocycles. The van der Waals surface area contributed by atoms with Gasteiger partial charge in [-0.2, -0.15) is 0 Å². The van der Waals surface area contributed by atoms with Crippen molar-refractivity contribution in [1.29, 1.82) is 0 Å². The van der Waals surface area contributed by atoms with E-state index in [9.17, 15) is 4.39 Å². The summed E-state index contributed by atoms with van der Waals surface area (Å²) in [6, 6.07) is 11.6. The van der Waals surface area contributed by atoms with Crippen LogP contribution < -0.4 is 10.6 Å². The predicted molar refractivity (Wildman–Crippen MR) is 103 cm³/mol. The molecule has 0 bridgehead atoms. The minimum absolute atomic E-state index is 0.210. The van der Waals surface area contributed by atoms with Crippen molar-refractivity contribution in [2.45, 2.75) is 26.8 Å². The molecule has 0 saturated carbocycles. The average molecular weight is 338 g/mol. The zero-order chi connectivity index (χ0) is 18.2. The maximum atomic E-state index is 14.0. The van der Waals surface area contributed by atoms with Crippen molar-refractivity contribution in [3.63, 3.8) is 0 Å². The fourth-order valence-electron chi connectivity index (χ4n) is 2.19. The second kappa shape index (κ2) is 8.78. The van der Waals surface area contributed by atoms with Crippen molar-refractivity contribution in [2.24, 2.45) is 0 Å². The molecule has 0 amide bonds. The van der Waals surface area contributed by atoms with Gasteiger partial charge in [-0.1, -0.05) is 43.0 Å². The Morgan fingerprint density at radius 3 is 2.44 bits per heavy atom. The zero-order valence-corrected chi connectivity index (χ0v) is 14.8. The SMILES string of the molecule is C=C/C=C(Nc1cc(NC(C)C)nc(-c2ccccc2)n1)\C(F)=C/C. The van der Waals surface area contributed by atoms with Crippen LogP contribution in [0.2, 0.25) is 0 Å². The third-order valence-corrected chi connectivity index (χ3v) is 3.25. The van der Waals surface area contributed by atoms with Gasteiger partial charge in [0.1, 0.15) is 17.5 Å². The Labute approximate surface area is 148 Å². The first-order valence-corrected chi connectivity index (χ1v) is 8.16. The Bertz CT molecular complexity index is 780. The fourth-order valence-corrected chi connectivity index (χ4v) is 2.19. The minimum Gasteiger partial charge on any atom is -0.368 e. The van der Waals surface area contributed by atoms with E-state index in [2.05, 4.69) is 27.2 Å². The number of rotatable bonds is 7. The van der Waals surface area contributed by atoms with Gasteiger partial charge in [0, 0.05) is 17.7 Å². The summed E-state index contributed by atoms with van der Waals surface area (Å²) < 4.78 is 14.0. The number of hydrogen-bond acceptors (Lipinski definition) is 4. The maximum absolute atomic E-state index is 14.0. The molecule has 0 aliphatic heterocycles. The Morgan fingerprint density at radius 2 is 1.84 bits per heavy atom. The Morgan fingerprint density at radius 1 is 1.16 bits per heavy atom. The van der Waals surface area contributed by atoms with Gasteiger partial charge in [0.2, 0.25) is 0 Å². The molecule has 0 fully saturated rings. The molecule has 0 saturated heterocycles. The highest BCUT2D eigenvalue weighted by molar-refractivity contribution is 5.63. The van der Waals surface area contributed by atoms with E-state index in [0.717, 1.165) is 5.56 Å². The Kier molecular flexibility index (Phi) is 6.46. The summed E-state index contributed by atoms with van der Waals surface area (Å²) in [6.45, 7) is 9.31. The van der Waals surface area contributed by atoms with Crippen molar-refractivity contribution in [3.8, 4) is 11.4 Å². The molecule has 1 aromatic carbocycles. The quantitative estimate of drug-likeness (QED) is 0.671. The summed E-state index contributed by atoms with van der Waals surface area (Å²) in [7, 11) is 0. The number of halogens is 1. The van der Waals surface area contributed by atoms with Crippen LogP contribution in [0, 0.1) is 0 Å².